The molecule has 1 amide bonds. The molecule has 6 heteroatoms. The van der Waals surface area contributed by atoms with Gasteiger partial charge in [0, 0.05) is 23.1 Å². The zero-order valence-electron chi connectivity index (χ0n) is 9.73. The molecule has 18 heavy (non-hydrogen) atoms. The third kappa shape index (κ3) is 3.23. The number of rotatable bonds is 4. The number of benzene rings is 1. The zero-order valence-corrected chi connectivity index (χ0v) is 11.3. The fourth-order valence-corrected chi connectivity index (χ4v) is 2.54. The first-order valence-electron chi connectivity index (χ1n) is 5.78. The second kappa shape index (κ2) is 5.28. The van der Waals surface area contributed by atoms with Gasteiger partial charge in [0.15, 0.2) is 0 Å². The molecule has 0 bridgehead atoms. The predicted octanol–water partition coefficient (Wildman–Crippen LogP) is 2.03. The van der Waals surface area contributed by atoms with Crippen LogP contribution >= 0.6 is 10.7 Å². The van der Waals surface area contributed by atoms with Gasteiger partial charge in [0.1, 0.15) is 0 Å². The highest BCUT2D eigenvalue weighted by atomic mass is 35.7. The molecule has 1 N–H and O–H groups in total. The highest BCUT2D eigenvalue weighted by Crippen LogP contribution is 2.26. The quantitative estimate of drug-likeness (QED) is 0.862. The van der Waals surface area contributed by atoms with Gasteiger partial charge in [-0.3, -0.25) is 4.79 Å². The molecule has 1 aromatic rings. The molecular weight excluding hydrogens is 274 g/mol. The first-order chi connectivity index (χ1) is 8.47. The van der Waals surface area contributed by atoms with Crippen LogP contribution in [0.2, 0.25) is 0 Å². The third-order valence-electron chi connectivity index (χ3n) is 3.15. The van der Waals surface area contributed by atoms with E-state index in [2.05, 4.69) is 5.32 Å². The van der Waals surface area contributed by atoms with Crippen molar-refractivity contribution in [2.45, 2.75) is 30.7 Å². The van der Waals surface area contributed by atoms with E-state index in [1.807, 2.05) is 0 Å². The van der Waals surface area contributed by atoms with Crippen molar-refractivity contribution in [1.29, 1.82) is 0 Å². The van der Waals surface area contributed by atoms with Crippen molar-refractivity contribution in [3.8, 4) is 0 Å². The summed E-state index contributed by atoms with van der Waals surface area (Å²) in [6, 6.07) is 6.17. The van der Waals surface area contributed by atoms with Crippen LogP contribution in [0.4, 0.5) is 0 Å². The Hall–Kier alpha value is -1.07. The van der Waals surface area contributed by atoms with Crippen molar-refractivity contribution in [3.63, 3.8) is 0 Å². The minimum Gasteiger partial charge on any atom is -0.352 e. The fourth-order valence-electron chi connectivity index (χ4n) is 1.77. The van der Waals surface area contributed by atoms with Gasteiger partial charge in [-0.25, -0.2) is 8.42 Å². The average molecular weight is 288 g/mol. The summed E-state index contributed by atoms with van der Waals surface area (Å²) in [4.78, 5) is 11.7. The smallest absolute Gasteiger partial charge is 0.261 e. The van der Waals surface area contributed by atoms with Gasteiger partial charge in [0.2, 0.25) is 5.91 Å². The van der Waals surface area contributed by atoms with Crippen molar-refractivity contribution in [2.75, 3.05) is 0 Å². The number of amides is 1. The Morgan fingerprint density at radius 2 is 1.89 bits per heavy atom. The predicted molar refractivity (Wildman–Crippen MR) is 68.7 cm³/mol. The molecule has 1 aliphatic rings. The Morgan fingerprint density at radius 1 is 1.28 bits per heavy atom. The fraction of sp³-hybridized carbons (Fsp3) is 0.417. The van der Waals surface area contributed by atoms with Crippen LogP contribution in [0.3, 0.4) is 0 Å². The van der Waals surface area contributed by atoms with Crippen molar-refractivity contribution >= 4 is 25.6 Å². The number of carbonyl (C=O) groups is 1. The molecule has 0 heterocycles. The summed E-state index contributed by atoms with van der Waals surface area (Å²) in [6.07, 6.45) is 3.06. The normalized spacial score (nSPS) is 16.1. The van der Waals surface area contributed by atoms with Crippen LogP contribution in [-0.4, -0.2) is 14.3 Å². The van der Waals surface area contributed by atoms with E-state index >= 15 is 0 Å². The van der Waals surface area contributed by atoms with Gasteiger partial charge in [-0.2, -0.15) is 0 Å². The summed E-state index contributed by atoms with van der Waals surface area (Å²) in [5, 5.41) is 2.84. The highest BCUT2D eigenvalue weighted by Gasteiger charge is 2.24. The maximum absolute atomic E-state index is 11.6. The molecule has 0 spiro atoms. The van der Waals surface area contributed by atoms with Crippen LogP contribution in [0.1, 0.15) is 24.8 Å². The van der Waals surface area contributed by atoms with Gasteiger partial charge < -0.3 is 5.32 Å². The maximum atomic E-state index is 11.6. The molecule has 98 valence electrons. The lowest BCUT2D eigenvalue weighted by atomic mass is 9.85. The summed E-state index contributed by atoms with van der Waals surface area (Å²) in [5.41, 5.74) is 0.853. The average Bonchev–Trinajstić information content (AvgIpc) is 2.23. The van der Waals surface area contributed by atoms with Crippen molar-refractivity contribution in [1.82, 2.24) is 5.32 Å². The molecule has 0 aliphatic heterocycles. The molecular formula is C12H14ClNO3S. The van der Waals surface area contributed by atoms with Crippen LogP contribution < -0.4 is 5.32 Å². The first kappa shape index (κ1) is 13.4. The second-order valence-corrected chi connectivity index (χ2v) is 6.99. The topological polar surface area (TPSA) is 63.2 Å². The minimum atomic E-state index is -3.67. The lowest BCUT2D eigenvalue weighted by molar-refractivity contribution is -0.127. The summed E-state index contributed by atoms with van der Waals surface area (Å²) >= 11 is 0. The van der Waals surface area contributed by atoms with Crippen LogP contribution in [-0.2, 0) is 20.4 Å². The van der Waals surface area contributed by atoms with Crippen LogP contribution in [0.15, 0.2) is 29.2 Å². The van der Waals surface area contributed by atoms with Gasteiger partial charge in [0.05, 0.1) is 4.90 Å². The van der Waals surface area contributed by atoms with E-state index in [1.165, 1.54) is 12.1 Å². The lowest BCUT2D eigenvalue weighted by Gasteiger charge is -2.24. The number of nitrogens with one attached hydrogen (secondary N) is 1. The highest BCUT2D eigenvalue weighted by molar-refractivity contribution is 8.13. The molecule has 0 unspecified atom stereocenters. The molecule has 0 saturated heterocycles. The minimum absolute atomic E-state index is 0.0678. The second-order valence-electron chi connectivity index (χ2n) is 4.43. The molecule has 2 rings (SSSR count). The molecule has 1 fully saturated rings. The Balaban J connectivity index is 1.92. The summed E-state index contributed by atoms with van der Waals surface area (Å²) in [5.74, 6) is 0.239. The lowest BCUT2D eigenvalue weighted by Crippen LogP contribution is -2.33. The van der Waals surface area contributed by atoms with Crippen molar-refractivity contribution in [2.24, 2.45) is 5.92 Å². The molecule has 1 aliphatic carbocycles. The third-order valence-corrected chi connectivity index (χ3v) is 4.52. The van der Waals surface area contributed by atoms with Gasteiger partial charge >= 0.3 is 0 Å². The molecule has 1 saturated carbocycles. The largest absolute Gasteiger partial charge is 0.352 e. The van der Waals surface area contributed by atoms with Crippen LogP contribution in [0.5, 0.6) is 0 Å². The summed E-state index contributed by atoms with van der Waals surface area (Å²) in [6.45, 7) is 0.415. The van der Waals surface area contributed by atoms with E-state index in [0.717, 1.165) is 24.8 Å². The molecule has 0 radical (unpaired) electrons. The maximum Gasteiger partial charge on any atom is 0.261 e. The molecule has 0 aromatic heterocycles. The van der Waals surface area contributed by atoms with Crippen LogP contribution in [0, 0.1) is 5.92 Å². The first-order valence-corrected chi connectivity index (χ1v) is 8.09. The Bertz CT molecular complexity index is 535. The SMILES string of the molecule is O=C(NCc1ccc(S(=O)(=O)Cl)cc1)C1CCC1. The Morgan fingerprint density at radius 3 is 2.33 bits per heavy atom. The standard InChI is InChI=1S/C12H14ClNO3S/c13-18(16,17)11-6-4-9(5-7-11)8-14-12(15)10-2-1-3-10/h4-7,10H,1-3,8H2,(H,14,15). The number of hydrogen-bond acceptors (Lipinski definition) is 3. The van der Waals surface area contributed by atoms with E-state index in [0.29, 0.717) is 6.54 Å². The van der Waals surface area contributed by atoms with E-state index < -0.39 is 9.05 Å². The van der Waals surface area contributed by atoms with E-state index in [-0.39, 0.29) is 16.7 Å². The Labute approximate surface area is 111 Å². The number of carbonyl (C=O) groups excluding carboxylic acids is 1. The molecule has 0 atom stereocenters. The summed E-state index contributed by atoms with van der Waals surface area (Å²) in [7, 11) is 1.53. The summed E-state index contributed by atoms with van der Waals surface area (Å²) < 4.78 is 22.1. The van der Waals surface area contributed by atoms with E-state index in [4.69, 9.17) is 10.7 Å². The number of hydrogen-bond donors (Lipinski definition) is 1. The van der Waals surface area contributed by atoms with Gasteiger partial charge in [-0.05, 0) is 30.5 Å². The van der Waals surface area contributed by atoms with E-state index in [1.54, 1.807) is 12.1 Å². The van der Waals surface area contributed by atoms with Crippen molar-refractivity contribution in [3.05, 3.63) is 29.8 Å². The zero-order chi connectivity index (χ0) is 13.2. The Kier molecular flexibility index (Phi) is 3.92. The van der Waals surface area contributed by atoms with Crippen LogP contribution in [0.25, 0.3) is 0 Å². The van der Waals surface area contributed by atoms with E-state index in [9.17, 15) is 13.2 Å². The number of halogens is 1. The van der Waals surface area contributed by atoms with Crippen molar-refractivity contribution < 1.29 is 13.2 Å². The van der Waals surface area contributed by atoms with Gasteiger partial charge in [-0.15, -0.1) is 0 Å². The van der Waals surface area contributed by atoms with Gasteiger partial charge in [0.25, 0.3) is 9.05 Å². The van der Waals surface area contributed by atoms with Gasteiger partial charge in [-0.1, -0.05) is 18.6 Å². The monoisotopic (exact) mass is 287 g/mol. The molecule has 1 aromatic carbocycles. The molecule has 4 nitrogen and oxygen atoms in total.